The number of ether oxygens (including phenoxy) is 2. The van der Waals surface area contributed by atoms with Crippen LogP contribution in [0.3, 0.4) is 0 Å². The molecule has 0 saturated heterocycles. The zero-order chi connectivity index (χ0) is 14.8. The van der Waals surface area contributed by atoms with E-state index in [2.05, 4.69) is 12.2 Å². The van der Waals surface area contributed by atoms with Crippen molar-refractivity contribution in [3.05, 3.63) is 0 Å². The zero-order valence-electron chi connectivity index (χ0n) is 13.4. The average Bonchev–Trinajstić information content (AvgIpc) is 2.49. The highest BCUT2D eigenvalue weighted by atomic mass is 35.5. The van der Waals surface area contributed by atoms with Crippen molar-refractivity contribution in [3.63, 3.8) is 0 Å². The molecule has 3 N–H and O–H groups in total. The molecule has 1 aliphatic rings. The van der Waals surface area contributed by atoms with Crippen molar-refractivity contribution in [2.45, 2.75) is 63.6 Å². The molecule has 0 aromatic rings. The first-order valence-corrected chi connectivity index (χ1v) is 7.79. The summed E-state index contributed by atoms with van der Waals surface area (Å²) in [6, 6.07) is 0. The van der Waals surface area contributed by atoms with Crippen LogP contribution in [-0.4, -0.2) is 44.4 Å². The molecular formula is C15H31ClN2O3. The van der Waals surface area contributed by atoms with Gasteiger partial charge in [0.2, 0.25) is 5.91 Å². The fourth-order valence-corrected chi connectivity index (χ4v) is 2.69. The van der Waals surface area contributed by atoms with Crippen LogP contribution in [0.2, 0.25) is 0 Å². The third-order valence-electron chi connectivity index (χ3n) is 3.99. The van der Waals surface area contributed by atoms with Gasteiger partial charge in [-0.15, -0.1) is 12.4 Å². The number of hydrogen-bond acceptors (Lipinski definition) is 4. The van der Waals surface area contributed by atoms with E-state index in [4.69, 9.17) is 15.2 Å². The van der Waals surface area contributed by atoms with E-state index in [1.165, 1.54) is 19.3 Å². The van der Waals surface area contributed by atoms with Gasteiger partial charge in [-0.05, 0) is 19.3 Å². The summed E-state index contributed by atoms with van der Waals surface area (Å²) < 4.78 is 11.2. The van der Waals surface area contributed by atoms with Crippen LogP contribution in [0.25, 0.3) is 0 Å². The largest absolute Gasteiger partial charge is 0.380 e. The third kappa shape index (κ3) is 7.45. The Kier molecular flexibility index (Phi) is 11.0. The Morgan fingerprint density at radius 3 is 2.52 bits per heavy atom. The van der Waals surface area contributed by atoms with Gasteiger partial charge in [0, 0.05) is 26.8 Å². The standard InChI is InChI=1S/C15H30N2O3.ClH/c1-3-9-20-15(7-5-4-6-8-15)12-17-14(18)10-13(11-16)19-2;/h13H,3-12,16H2,1-2H3,(H,17,18);1H. The van der Waals surface area contributed by atoms with E-state index in [-0.39, 0.29) is 30.0 Å². The van der Waals surface area contributed by atoms with E-state index in [9.17, 15) is 4.79 Å². The van der Waals surface area contributed by atoms with Crippen LogP contribution < -0.4 is 11.1 Å². The number of amides is 1. The molecule has 0 aromatic carbocycles. The maximum Gasteiger partial charge on any atom is 0.222 e. The molecule has 1 atom stereocenters. The Bertz CT molecular complexity index is 280. The minimum absolute atomic E-state index is 0. The number of halogens is 1. The molecule has 1 unspecified atom stereocenters. The van der Waals surface area contributed by atoms with Crippen molar-refractivity contribution in [1.82, 2.24) is 5.32 Å². The first kappa shape index (κ1) is 20.6. The molecule has 0 radical (unpaired) electrons. The lowest BCUT2D eigenvalue weighted by Crippen LogP contribution is -2.47. The lowest BCUT2D eigenvalue weighted by Gasteiger charge is -2.37. The molecule has 0 bridgehead atoms. The SMILES string of the molecule is CCCOC1(CNC(=O)CC(CN)OC)CCCCC1.Cl. The zero-order valence-corrected chi connectivity index (χ0v) is 14.2. The summed E-state index contributed by atoms with van der Waals surface area (Å²) in [5.41, 5.74) is 5.38. The lowest BCUT2D eigenvalue weighted by atomic mass is 9.84. The lowest BCUT2D eigenvalue weighted by molar-refractivity contribution is -0.126. The minimum Gasteiger partial charge on any atom is -0.380 e. The number of rotatable bonds is 9. The van der Waals surface area contributed by atoms with E-state index < -0.39 is 0 Å². The van der Waals surface area contributed by atoms with Gasteiger partial charge in [0.05, 0.1) is 18.1 Å². The summed E-state index contributed by atoms with van der Waals surface area (Å²) in [7, 11) is 1.58. The summed E-state index contributed by atoms with van der Waals surface area (Å²) in [6.07, 6.45) is 6.84. The summed E-state index contributed by atoms with van der Waals surface area (Å²) in [4.78, 5) is 11.9. The quantitative estimate of drug-likeness (QED) is 0.681. The van der Waals surface area contributed by atoms with Gasteiger partial charge < -0.3 is 20.5 Å². The smallest absolute Gasteiger partial charge is 0.222 e. The van der Waals surface area contributed by atoms with Crippen LogP contribution in [0.4, 0.5) is 0 Å². The van der Waals surface area contributed by atoms with Gasteiger partial charge in [-0.3, -0.25) is 4.79 Å². The molecule has 1 fully saturated rings. The van der Waals surface area contributed by atoms with Crippen LogP contribution >= 0.6 is 12.4 Å². The van der Waals surface area contributed by atoms with Crippen molar-refractivity contribution >= 4 is 18.3 Å². The van der Waals surface area contributed by atoms with Crippen molar-refractivity contribution in [2.24, 2.45) is 5.73 Å². The van der Waals surface area contributed by atoms with E-state index >= 15 is 0 Å². The van der Waals surface area contributed by atoms with Crippen LogP contribution in [-0.2, 0) is 14.3 Å². The summed E-state index contributed by atoms with van der Waals surface area (Å²) in [6.45, 7) is 3.84. The molecule has 0 aliphatic heterocycles. The molecule has 1 amide bonds. The predicted octanol–water partition coefficient (Wildman–Crippen LogP) is 2.02. The van der Waals surface area contributed by atoms with Crippen molar-refractivity contribution in [2.75, 3.05) is 26.8 Å². The van der Waals surface area contributed by atoms with Crippen molar-refractivity contribution in [3.8, 4) is 0 Å². The predicted molar refractivity (Wildman–Crippen MR) is 86.8 cm³/mol. The maximum absolute atomic E-state index is 11.9. The van der Waals surface area contributed by atoms with E-state index in [0.29, 0.717) is 19.5 Å². The third-order valence-corrected chi connectivity index (χ3v) is 3.99. The Morgan fingerprint density at radius 2 is 2.00 bits per heavy atom. The summed E-state index contributed by atoms with van der Waals surface area (Å²) in [5, 5.41) is 3.00. The van der Waals surface area contributed by atoms with Gasteiger partial charge in [0.1, 0.15) is 0 Å². The number of carbonyl (C=O) groups excluding carboxylic acids is 1. The van der Waals surface area contributed by atoms with E-state index in [1.807, 2.05) is 0 Å². The van der Waals surface area contributed by atoms with Gasteiger partial charge in [-0.2, -0.15) is 0 Å². The average molecular weight is 323 g/mol. The highest BCUT2D eigenvalue weighted by molar-refractivity contribution is 5.85. The van der Waals surface area contributed by atoms with Gasteiger partial charge in [0.25, 0.3) is 0 Å². The highest BCUT2D eigenvalue weighted by Gasteiger charge is 2.33. The number of methoxy groups -OCH3 is 1. The van der Waals surface area contributed by atoms with Gasteiger partial charge >= 0.3 is 0 Å². The van der Waals surface area contributed by atoms with Crippen LogP contribution in [0, 0.1) is 0 Å². The molecule has 126 valence electrons. The second-order valence-corrected chi connectivity index (χ2v) is 5.67. The molecule has 1 aliphatic carbocycles. The van der Waals surface area contributed by atoms with Gasteiger partial charge in [-0.25, -0.2) is 0 Å². The van der Waals surface area contributed by atoms with Crippen molar-refractivity contribution in [1.29, 1.82) is 0 Å². The first-order chi connectivity index (χ1) is 9.65. The second-order valence-electron chi connectivity index (χ2n) is 5.67. The molecule has 1 saturated carbocycles. The van der Waals surface area contributed by atoms with Crippen LogP contribution in [0.1, 0.15) is 51.9 Å². The Hall–Kier alpha value is -0.360. The normalized spacial score (nSPS) is 18.6. The monoisotopic (exact) mass is 322 g/mol. The molecule has 5 nitrogen and oxygen atoms in total. The molecule has 6 heteroatoms. The molecule has 1 rings (SSSR count). The second kappa shape index (κ2) is 11.2. The minimum atomic E-state index is -0.200. The fourth-order valence-electron chi connectivity index (χ4n) is 2.69. The summed E-state index contributed by atoms with van der Waals surface area (Å²) in [5.74, 6) is -0.00709. The number of carbonyl (C=O) groups is 1. The van der Waals surface area contributed by atoms with E-state index in [0.717, 1.165) is 25.9 Å². The Balaban J connectivity index is 0.00000400. The number of nitrogens with one attached hydrogen (secondary N) is 1. The number of nitrogens with two attached hydrogens (primary N) is 1. The number of hydrogen-bond donors (Lipinski definition) is 2. The van der Waals surface area contributed by atoms with Crippen LogP contribution in [0.15, 0.2) is 0 Å². The summed E-state index contributed by atoms with van der Waals surface area (Å²) >= 11 is 0. The van der Waals surface area contributed by atoms with Crippen LogP contribution in [0.5, 0.6) is 0 Å². The fraction of sp³-hybridized carbons (Fsp3) is 0.933. The molecule has 0 aromatic heterocycles. The molecule has 21 heavy (non-hydrogen) atoms. The molecule has 0 spiro atoms. The Labute approximate surface area is 134 Å². The molecular weight excluding hydrogens is 292 g/mol. The highest BCUT2D eigenvalue weighted by Crippen LogP contribution is 2.31. The van der Waals surface area contributed by atoms with Crippen molar-refractivity contribution < 1.29 is 14.3 Å². The topological polar surface area (TPSA) is 73.6 Å². The van der Waals surface area contributed by atoms with Gasteiger partial charge in [-0.1, -0.05) is 26.2 Å². The Morgan fingerprint density at radius 1 is 1.33 bits per heavy atom. The first-order valence-electron chi connectivity index (χ1n) is 7.79. The van der Waals surface area contributed by atoms with Gasteiger partial charge in [0.15, 0.2) is 0 Å². The van der Waals surface area contributed by atoms with E-state index in [1.54, 1.807) is 7.11 Å². The maximum atomic E-state index is 11.9. The molecule has 0 heterocycles.